The van der Waals surface area contributed by atoms with Crippen molar-refractivity contribution >= 4 is 22.7 Å². The Kier molecular flexibility index (Phi) is 6.21. The predicted molar refractivity (Wildman–Crippen MR) is 91.4 cm³/mol. The van der Waals surface area contributed by atoms with Crippen LogP contribution in [0.25, 0.3) is 0 Å². The van der Waals surface area contributed by atoms with Crippen LogP contribution >= 0.6 is 0 Å². The van der Waals surface area contributed by atoms with E-state index in [2.05, 4.69) is 14.4 Å². The number of ether oxygens (including phenoxy) is 1. The fourth-order valence-corrected chi connectivity index (χ4v) is 3.20. The fourth-order valence-electron chi connectivity index (χ4n) is 2.53. The maximum absolute atomic E-state index is 11.4. The molecule has 0 bridgehead atoms. The lowest BCUT2D eigenvalue weighted by Crippen LogP contribution is -2.33. The van der Waals surface area contributed by atoms with E-state index in [4.69, 9.17) is 10.5 Å². The number of piperidine rings is 1. The second-order valence-corrected chi connectivity index (χ2v) is 5.91. The zero-order valence-corrected chi connectivity index (χ0v) is 13.9. The highest BCUT2D eigenvalue weighted by atomic mass is 32.2. The summed E-state index contributed by atoms with van der Waals surface area (Å²) in [5.41, 5.74) is 7.28. The van der Waals surface area contributed by atoms with Gasteiger partial charge < -0.3 is 15.8 Å². The van der Waals surface area contributed by atoms with Crippen LogP contribution in [0.1, 0.15) is 32.3 Å². The minimum absolute atomic E-state index is 0.259. The first-order valence-electron chi connectivity index (χ1n) is 7.73. The van der Waals surface area contributed by atoms with Crippen LogP contribution in [-0.2, 0) is 11.2 Å². The molecule has 6 nitrogen and oxygen atoms in total. The summed E-state index contributed by atoms with van der Waals surface area (Å²) < 4.78 is 24.0. The highest BCUT2D eigenvalue weighted by molar-refractivity contribution is 7.85. The Bertz CT molecular complexity index is 556. The number of benzene rings is 1. The molecule has 122 valence electrons. The van der Waals surface area contributed by atoms with E-state index >= 15 is 0 Å². The molecule has 0 aliphatic carbocycles. The molecule has 4 N–H and O–H groups in total. The lowest BCUT2D eigenvalue weighted by molar-refractivity contribution is 0.218. The van der Waals surface area contributed by atoms with E-state index in [1.807, 2.05) is 32.0 Å². The van der Waals surface area contributed by atoms with E-state index in [9.17, 15) is 4.21 Å². The Labute approximate surface area is 134 Å². The molecule has 0 saturated carbocycles. The van der Waals surface area contributed by atoms with E-state index in [0.29, 0.717) is 29.5 Å². The van der Waals surface area contributed by atoms with E-state index < -0.39 is 11.2 Å². The molecule has 2 aliphatic rings. The largest absolute Gasteiger partial charge is 0.492 e. The Balaban J connectivity index is 0.000000847. The molecule has 2 heterocycles. The molecule has 7 heteroatoms. The maximum atomic E-state index is 11.4. The molecule has 2 atom stereocenters. The van der Waals surface area contributed by atoms with Gasteiger partial charge in [-0.2, -0.15) is 4.40 Å². The highest BCUT2D eigenvalue weighted by Gasteiger charge is 2.21. The van der Waals surface area contributed by atoms with Gasteiger partial charge in [-0.25, -0.2) is 4.21 Å². The first-order chi connectivity index (χ1) is 10.7. The van der Waals surface area contributed by atoms with Gasteiger partial charge in [0.15, 0.2) is 0 Å². The summed E-state index contributed by atoms with van der Waals surface area (Å²) in [7, 11) is 0. The van der Waals surface area contributed by atoms with Gasteiger partial charge in [0.2, 0.25) is 11.2 Å². The normalized spacial score (nSPS) is 23.3. The van der Waals surface area contributed by atoms with E-state index in [0.717, 1.165) is 13.1 Å². The first-order valence-corrected chi connectivity index (χ1v) is 8.84. The third kappa shape index (κ3) is 3.98. The number of anilines is 1. The second-order valence-electron chi connectivity index (χ2n) is 5.03. The molecule has 0 radical (unpaired) electrons. The minimum Gasteiger partial charge on any atom is -0.492 e. The molecule has 0 aromatic heterocycles. The lowest BCUT2D eigenvalue weighted by atomic mass is 10.0. The third-order valence-electron chi connectivity index (χ3n) is 3.53. The Morgan fingerprint density at radius 3 is 3.00 bits per heavy atom. The van der Waals surface area contributed by atoms with Crippen molar-refractivity contribution in [3.05, 3.63) is 23.8 Å². The number of hydrogen-bond donors (Lipinski definition) is 3. The number of fused-ring (bicyclic) bond motifs is 1. The zero-order chi connectivity index (χ0) is 15.9. The summed E-state index contributed by atoms with van der Waals surface area (Å²) in [6, 6.07) is 5.55. The topological polar surface area (TPSA) is 88.7 Å². The minimum atomic E-state index is -1.50. The Hall–Kier alpha value is -1.60. The molecule has 2 aliphatic heterocycles. The quantitative estimate of drug-likeness (QED) is 0.791. The summed E-state index contributed by atoms with van der Waals surface area (Å²) in [5.74, 6) is 1.47. The first kappa shape index (κ1) is 16.8. The standard InChI is InChI=1S/C13H18N4O2S.C2H6/c14-13-12-10(16-20(18)17-13)4-1-5-11(12)19-8-9-3-2-6-15-7-9;1-2/h1,4-5,9,15-16H,2-3,6-8H2,(H2,14,17);1-2H3. The van der Waals surface area contributed by atoms with Crippen LogP contribution in [0.5, 0.6) is 5.75 Å². The molecule has 1 aromatic carbocycles. The maximum Gasteiger partial charge on any atom is 0.245 e. The van der Waals surface area contributed by atoms with E-state index in [1.165, 1.54) is 12.8 Å². The molecule has 0 spiro atoms. The summed E-state index contributed by atoms with van der Waals surface area (Å²) in [5, 5.41) is 3.37. The van der Waals surface area contributed by atoms with Crippen LogP contribution < -0.4 is 20.5 Å². The van der Waals surface area contributed by atoms with Gasteiger partial charge in [-0.15, -0.1) is 0 Å². The molecule has 1 saturated heterocycles. The SMILES string of the molecule is CC.NC1=NS(=O)Nc2cccc(OCC3CCCNC3)c21. The smallest absolute Gasteiger partial charge is 0.245 e. The summed E-state index contributed by atoms with van der Waals surface area (Å²) in [6.07, 6.45) is 2.36. The molecule has 1 fully saturated rings. The van der Waals surface area contributed by atoms with Crippen molar-refractivity contribution in [2.45, 2.75) is 26.7 Å². The number of nitrogens with zero attached hydrogens (tertiary/aromatic N) is 1. The van der Waals surface area contributed by atoms with Gasteiger partial charge in [-0.05, 0) is 31.5 Å². The number of nitrogens with two attached hydrogens (primary N) is 1. The van der Waals surface area contributed by atoms with Crippen LogP contribution in [0.15, 0.2) is 22.6 Å². The molecular formula is C15H24N4O2S. The summed E-state index contributed by atoms with van der Waals surface area (Å²) in [4.78, 5) is 0. The van der Waals surface area contributed by atoms with Gasteiger partial charge >= 0.3 is 0 Å². The molecular weight excluding hydrogens is 300 g/mol. The molecule has 1 aromatic rings. The summed E-state index contributed by atoms with van der Waals surface area (Å²) >= 11 is -1.50. The van der Waals surface area contributed by atoms with Crippen molar-refractivity contribution in [2.24, 2.45) is 16.0 Å². The van der Waals surface area contributed by atoms with Crippen molar-refractivity contribution in [1.82, 2.24) is 5.32 Å². The van der Waals surface area contributed by atoms with Crippen LogP contribution in [0.2, 0.25) is 0 Å². The van der Waals surface area contributed by atoms with Gasteiger partial charge in [-0.1, -0.05) is 19.9 Å². The van der Waals surface area contributed by atoms with Crippen LogP contribution in [0, 0.1) is 5.92 Å². The third-order valence-corrected chi connectivity index (χ3v) is 4.29. The average Bonchev–Trinajstić information content (AvgIpc) is 2.55. The van der Waals surface area contributed by atoms with Gasteiger partial charge in [0.1, 0.15) is 11.6 Å². The van der Waals surface area contributed by atoms with Crippen molar-refractivity contribution in [3.8, 4) is 5.75 Å². The van der Waals surface area contributed by atoms with Crippen LogP contribution in [-0.4, -0.2) is 29.7 Å². The molecule has 2 unspecified atom stereocenters. The highest BCUT2D eigenvalue weighted by Crippen LogP contribution is 2.30. The van der Waals surface area contributed by atoms with Crippen molar-refractivity contribution in [2.75, 3.05) is 24.4 Å². The van der Waals surface area contributed by atoms with Gasteiger partial charge in [0.25, 0.3) is 0 Å². The van der Waals surface area contributed by atoms with Crippen molar-refractivity contribution < 1.29 is 8.95 Å². The predicted octanol–water partition coefficient (Wildman–Crippen LogP) is 1.80. The monoisotopic (exact) mass is 324 g/mol. The fraction of sp³-hybridized carbons (Fsp3) is 0.533. The summed E-state index contributed by atoms with van der Waals surface area (Å²) in [6.45, 7) is 6.73. The van der Waals surface area contributed by atoms with Gasteiger partial charge in [0.05, 0.1) is 17.9 Å². The second kappa shape index (κ2) is 8.14. The van der Waals surface area contributed by atoms with Crippen LogP contribution in [0.4, 0.5) is 5.69 Å². The van der Waals surface area contributed by atoms with Gasteiger partial charge in [-0.3, -0.25) is 4.72 Å². The number of hydrogen-bond acceptors (Lipinski definition) is 4. The Morgan fingerprint density at radius 1 is 1.45 bits per heavy atom. The molecule has 22 heavy (non-hydrogen) atoms. The average molecular weight is 324 g/mol. The number of rotatable bonds is 3. The lowest BCUT2D eigenvalue weighted by Gasteiger charge is -2.24. The van der Waals surface area contributed by atoms with Crippen molar-refractivity contribution in [1.29, 1.82) is 0 Å². The molecule has 0 amide bonds. The van der Waals surface area contributed by atoms with E-state index in [1.54, 1.807) is 0 Å². The molecule has 3 rings (SSSR count). The Morgan fingerprint density at radius 2 is 2.27 bits per heavy atom. The van der Waals surface area contributed by atoms with Crippen molar-refractivity contribution in [3.63, 3.8) is 0 Å². The number of nitrogens with one attached hydrogen (secondary N) is 2. The van der Waals surface area contributed by atoms with Gasteiger partial charge in [0, 0.05) is 12.5 Å². The van der Waals surface area contributed by atoms with E-state index in [-0.39, 0.29) is 5.84 Å². The number of amidine groups is 1. The van der Waals surface area contributed by atoms with Crippen LogP contribution in [0.3, 0.4) is 0 Å². The zero-order valence-electron chi connectivity index (χ0n) is 13.1.